The summed E-state index contributed by atoms with van der Waals surface area (Å²) in [6.45, 7) is 74.1. The molecule has 0 radical (unpaired) electrons. The fourth-order valence-corrected chi connectivity index (χ4v) is 22.8. The van der Waals surface area contributed by atoms with Gasteiger partial charge in [0.25, 0.3) is 13.4 Å². The largest absolute Gasteiger partial charge is 0.311 e. The third-order valence-electron chi connectivity index (χ3n) is 29.4. The van der Waals surface area contributed by atoms with Crippen LogP contribution >= 0.6 is 22.7 Å². The van der Waals surface area contributed by atoms with Gasteiger partial charge in [-0.25, -0.2) is 9.97 Å². The van der Waals surface area contributed by atoms with Crippen LogP contribution in [0.25, 0.3) is 63.8 Å². The van der Waals surface area contributed by atoms with E-state index in [2.05, 4.69) is 508 Å². The van der Waals surface area contributed by atoms with Gasteiger partial charge in [-0.1, -0.05) is 365 Å². The molecule has 4 aliphatic heterocycles. The highest BCUT2D eigenvalue weighted by molar-refractivity contribution is 7.22. The molecule has 6 heterocycles. The number of benzene rings is 14. The van der Waals surface area contributed by atoms with Gasteiger partial charge >= 0.3 is 0 Å². The molecule has 0 aliphatic carbocycles. The Kier molecular flexibility index (Phi) is 23.1. The minimum Gasteiger partial charge on any atom is -0.311 e. The number of anilines is 12. The SMILES string of the molecule is Cc1cc2c3c(c1)N(c1cc(C(C)(C)C)cc(C(C)(C)C)c1)c1cc4nc(-c5ccc(-c6ccc(C(C)(C)C)cc6)cc5)sc4cc1B3c1cc(C(C)(C)C)ccc1N2c1cc(C(C)(C)C)cc(C(C)(C)C)c1.Cc1cc2c3c(c1)N(c1ccc(C(C)(C)C)cc1)c1cc4nc(-c5ccc(-c6ccc(C(C)(C)C)cc6)cc5)sc4cc1B3c1cc(C(C)(C)C)ccc1N2c1ccc(C(C)(C)C)cc1. The lowest BCUT2D eigenvalue weighted by molar-refractivity contribution is 0.568. The zero-order chi connectivity index (χ0) is 98.7. The van der Waals surface area contributed by atoms with Gasteiger partial charge in [0.05, 0.1) is 20.4 Å². The molecule has 0 unspecified atom stereocenters. The van der Waals surface area contributed by atoms with Gasteiger partial charge in [-0.15, -0.1) is 22.7 Å². The van der Waals surface area contributed by atoms with Gasteiger partial charge in [-0.2, -0.15) is 0 Å². The third-order valence-corrected chi connectivity index (χ3v) is 31.5. The average molecular weight is 1850 g/mol. The topological polar surface area (TPSA) is 38.7 Å². The van der Waals surface area contributed by atoms with Gasteiger partial charge < -0.3 is 19.6 Å². The van der Waals surface area contributed by atoms with E-state index < -0.39 is 0 Å². The monoisotopic (exact) mass is 1850 g/mol. The maximum absolute atomic E-state index is 5.51. The summed E-state index contributed by atoms with van der Waals surface area (Å²) in [5.74, 6) is 0. The Balaban J connectivity index is 0.000000177. The van der Waals surface area contributed by atoms with Crippen LogP contribution in [-0.4, -0.2) is 23.4 Å². The molecule has 0 saturated carbocycles. The number of hydrogen-bond acceptors (Lipinski definition) is 8. The van der Waals surface area contributed by atoms with Crippen molar-refractivity contribution < 1.29 is 0 Å². The Morgan fingerprint density at radius 3 is 0.696 bits per heavy atom. The Hall–Kier alpha value is -11.8. The van der Waals surface area contributed by atoms with Crippen LogP contribution < -0.4 is 52.4 Å². The molecule has 0 bridgehead atoms. The molecular formula is C128H140B2N6S2. The fourth-order valence-electron chi connectivity index (χ4n) is 20.8. The summed E-state index contributed by atoms with van der Waals surface area (Å²) in [5.41, 5.74) is 47.7. The van der Waals surface area contributed by atoms with E-state index in [4.69, 9.17) is 9.97 Å². The molecular weight excluding hydrogens is 1710 g/mol. The number of aromatic nitrogens is 2. The van der Waals surface area contributed by atoms with Gasteiger partial charge in [-0.05, 0) is 299 Å². The molecule has 4 aliphatic rings. The Bertz CT molecular complexity index is 7400. The Morgan fingerprint density at radius 2 is 0.420 bits per heavy atom. The van der Waals surface area contributed by atoms with E-state index in [-0.39, 0.29) is 67.6 Å². The number of rotatable bonds is 8. The van der Waals surface area contributed by atoms with Gasteiger partial charge in [0.2, 0.25) is 0 Å². The highest BCUT2D eigenvalue weighted by Crippen LogP contribution is 2.53. The second kappa shape index (κ2) is 33.5. The molecule has 0 amide bonds. The van der Waals surface area contributed by atoms with Crippen molar-refractivity contribution in [1.82, 2.24) is 9.97 Å². The Morgan fingerprint density at radius 1 is 0.196 bits per heavy atom. The summed E-state index contributed by atoms with van der Waals surface area (Å²) in [7, 11) is 0. The highest BCUT2D eigenvalue weighted by Gasteiger charge is 2.48. The van der Waals surface area contributed by atoms with Crippen molar-refractivity contribution >= 4 is 158 Å². The van der Waals surface area contributed by atoms with Crippen LogP contribution in [0.4, 0.5) is 68.2 Å². The van der Waals surface area contributed by atoms with E-state index in [0.717, 1.165) is 37.9 Å². The maximum atomic E-state index is 5.51. The first-order valence-corrected chi connectivity index (χ1v) is 51.7. The smallest absolute Gasteiger partial charge is 0.252 e. The minimum absolute atomic E-state index is 0.0157. The van der Waals surface area contributed by atoms with Crippen LogP contribution in [0.15, 0.2) is 267 Å². The Labute approximate surface area is 833 Å². The number of nitrogens with zero attached hydrogens (tertiary/aromatic N) is 6. The van der Waals surface area contributed by atoms with Crippen molar-refractivity contribution in [2.24, 2.45) is 0 Å². The molecule has 0 saturated heterocycles. The lowest BCUT2D eigenvalue weighted by Crippen LogP contribution is -2.61. The fraction of sp³-hybridized carbons (Fsp3) is 0.328. The van der Waals surface area contributed by atoms with Crippen molar-refractivity contribution in [3.63, 3.8) is 0 Å². The predicted molar refractivity (Wildman–Crippen MR) is 606 cm³/mol. The molecule has 14 aromatic carbocycles. The lowest BCUT2D eigenvalue weighted by Gasteiger charge is -2.45. The standard InChI is InChI=1S/C68H78BN3S.C60H62BN3S/c1-41-30-58-61-59(31-41)72(52-36-49(67(14,15)16)33-50(37-52)68(17,18)19)57-40-55-60(73-62(70-55)44-22-20-42(21-23-44)43-24-26-45(27-25-43)63(2,3)4)39-54(57)69(61)53-38-46(64(5,6)7)28-29-56(53)71(58)51-34-47(65(8,9)10)32-48(35-51)66(11,12)13;1-37-32-52-55-53(33-37)64(46-29-24-43(25-30-46)59(8,9)10)51-36-49-54(65-56(62-49)40-16-14-38(15-17-40)39-18-20-41(21-19-39)57(2,3)4)35-48(51)61(55)47-34-44(60(11,12)13)26-31-50(47)63(52)45-27-22-42(23-28-45)58(5,6)7/h20-40H,1-19H3;14-36H,1-13H3. The van der Waals surface area contributed by atoms with Crippen molar-refractivity contribution in [1.29, 1.82) is 0 Å². The highest BCUT2D eigenvalue weighted by atomic mass is 32.1. The first kappa shape index (κ1) is 95.1. The van der Waals surface area contributed by atoms with Gasteiger partial charge in [-0.3, -0.25) is 0 Å². The lowest BCUT2D eigenvalue weighted by atomic mass is 9.33. The van der Waals surface area contributed by atoms with Crippen molar-refractivity contribution in [2.75, 3.05) is 19.6 Å². The summed E-state index contributed by atoms with van der Waals surface area (Å²) in [4.78, 5) is 21.2. The molecule has 10 heteroatoms. The molecule has 20 rings (SSSR count). The van der Waals surface area contributed by atoms with Crippen molar-refractivity contribution in [3.05, 3.63) is 334 Å². The molecule has 16 aromatic rings. The van der Waals surface area contributed by atoms with Gasteiger partial charge in [0, 0.05) is 79.4 Å². The molecule has 0 N–H and O–H groups in total. The van der Waals surface area contributed by atoms with Crippen LogP contribution in [0.5, 0.6) is 0 Å². The summed E-state index contributed by atoms with van der Waals surface area (Å²) >= 11 is 3.61. The van der Waals surface area contributed by atoms with Crippen LogP contribution in [0, 0.1) is 13.8 Å². The van der Waals surface area contributed by atoms with E-state index in [1.807, 2.05) is 11.3 Å². The van der Waals surface area contributed by atoms with Crippen LogP contribution in [0.1, 0.15) is 274 Å². The number of hydrogen-bond donors (Lipinski definition) is 0. The van der Waals surface area contributed by atoms with Gasteiger partial charge in [0.1, 0.15) is 10.0 Å². The molecule has 0 atom stereocenters. The van der Waals surface area contributed by atoms with Crippen molar-refractivity contribution in [2.45, 2.75) is 276 Å². The second-order valence-electron chi connectivity index (χ2n) is 50.4. The van der Waals surface area contributed by atoms with Crippen LogP contribution in [0.3, 0.4) is 0 Å². The third kappa shape index (κ3) is 17.7. The normalized spacial score (nSPS) is 14.0. The summed E-state index contributed by atoms with van der Waals surface area (Å²) in [6.07, 6.45) is 0. The van der Waals surface area contributed by atoms with Crippen LogP contribution in [-0.2, 0) is 54.1 Å². The summed E-state index contributed by atoms with van der Waals surface area (Å²) in [5, 5.41) is 2.08. The van der Waals surface area contributed by atoms with Crippen LogP contribution in [0.2, 0.25) is 0 Å². The number of fused-ring (bicyclic) bond motifs is 10. The summed E-state index contributed by atoms with van der Waals surface area (Å²) < 4.78 is 2.41. The summed E-state index contributed by atoms with van der Waals surface area (Å²) in [6, 6.07) is 104. The zero-order valence-corrected chi connectivity index (χ0v) is 89.7. The van der Waals surface area contributed by atoms with E-state index in [1.54, 1.807) is 11.3 Å². The molecule has 6 nitrogen and oxygen atoms in total. The van der Waals surface area contributed by atoms with E-state index in [9.17, 15) is 0 Å². The second-order valence-corrected chi connectivity index (χ2v) is 52.5. The quantitative estimate of drug-likeness (QED) is 0.141. The molecule has 0 spiro atoms. The first-order chi connectivity index (χ1) is 64.5. The molecule has 700 valence electrons. The number of thiazole rings is 2. The molecule has 2 aromatic heterocycles. The predicted octanol–water partition coefficient (Wildman–Crippen LogP) is 33.0. The zero-order valence-electron chi connectivity index (χ0n) is 88.1. The first-order valence-electron chi connectivity index (χ1n) is 50.1. The molecule has 0 fully saturated rings. The van der Waals surface area contributed by atoms with E-state index in [1.165, 1.54) is 194 Å². The molecule has 138 heavy (non-hydrogen) atoms. The van der Waals surface area contributed by atoms with Gasteiger partial charge in [0.15, 0.2) is 0 Å². The number of aryl methyl sites for hydroxylation is 2. The van der Waals surface area contributed by atoms with E-state index >= 15 is 0 Å². The van der Waals surface area contributed by atoms with E-state index in [0.29, 0.717) is 0 Å². The average Bonchev–Trinajstić information content (AvgIpc) is 0.965. The maximum Gasteiger partial charge on any atom is 0.252 e. The van der Waals surface area contributed by atoms with Crippen molar-refractivity contribution in [3.8, 4) is 43.4 Å². The minimum atomic E-state index is -0.0652.